The van der Waals surface area contributed by atoms with Crippen LogP contribution in [0.4, 0.5) is 15.2 Å². The summed E-state index contributed by atoms with van der Waals surface area (Å²) in [7, 11) is 1.52. The summed E-state index contributed by atoms with van der Waals surface area (Å²) in [5.41, 5.74) is 1.70. The van der Waals surface area contributed by atoms with Crippen molar-refractivity contribution < 1.29 is 23.5 Å². The molecule has 1 aromatic heterocycles. The largest absolute Gasteiger partial charge is 0.493 e. The number of rotatable bonds is 7. The van der Waals surface area contributed by atoms with E-state index in [-0.39, 0.29) is 36.7 Å². The zero-order valence-corrected chi connectivity index (χ0v) is 19.4. The normalized spacial score (nSPS) is 16.8. The first-order chi connectivity index (χ1) is 16.5. The minimum absolute atomic E-state index is 0.0308. The number of aliphatic imine (C=N–C) groups is 1. The number of carbonyl (C=O) groups excluding carboxylic acids is 2. The Morgan fingerprint density at radius 2 is 2.18 bits per heavy atom. The molecule has 10 heteroatoms. The Hall–Kier alpha value is -3.53. The van der Waals surface area contributed by atoms with Crippen molar-refractivity contribution in [1.82, 2.24) is 9.88 Å². The van der Waals surface area contributed by atoms with Crippen molar-refractivity contribution in [1.29, 1.82) is 0 Å². The molecule has 0 saturated carbocycles. The number of aromatic nitrogens is 1. The van der Waals surface area contributed by atoms with E-state index >= 15 is 0 Å². The number of hydrogen-bond acceptors (Lipinski definition) is 7. The van der Waals surface area contributed by atoms with Crippen LogP contribution in [0.2, 0.25) is 0 Å². The van der Waals surface area contributed by atoms with Crippen LogP contribution in [-0.4, -0.2) is 54.2 Å². The van der Waals surface area contributed by atoms with E-state index in [1.54, 1.807) is 18.2 Å². The predicted octanol–water partition coefficient (Wildman–Crippen LogP) is 4.56. The number of carbonyl (C=O) groups is 2. The van der Waals surface area contributed by atoms with Crippen molar-refractivity contribution >= 4 is 50.4 Å². The fraction of sp³-hybridized carbons (Fsp3) is 0.333. The molecule has 0 unspecified atom stereocenters. The van der Waals surface area contributed by atoms with Gasteiger partial charge in [-0.25, -0.2) is 9.37 Å². The molecule has 1 N–H and O–H groups in total. The van der Waals surface area contributed by atoms with Gasteiger partial charge in [-0.1, -0.05) is 11.3 Å². The second kappa shape index (κ2) is 9.38. The highest BCUT2D eigenvalue weighted by Gasteiger charge is 2.32. The van der Waals surface area contributed by atoms with Crippen molar-refractivity contribution in [2.24, 2.45) is 4.99 Å². The summed E-state index contributed by atoms with van der Waals surface area (Å²) in [6.45, 7) is 1.01. The van der Waals surface area contributed by atoms with Gasteiger partial charge in [-0.05, 0) is 43.5 Å². The molecule has 5 rings (SSSR count). The van der Waals surface area contributed by atoms with Gasteiger partial charge in [-0.3, -0.25) is 14.6 Å². The molecule has 0 aliphatic carbocycles. The number of anilines is 1. The third-order valence-corrected chi connectivity index (χ3v) is 6.79. The number of amides is 2. The Morgan fingerprint density at radius 3 is 3.03 bits per heavy atom. The molecule has 3 aromatic rings. The zero-order valence-electron chi connectivity index (χ0n) is 18.5. The van der Waals surface area contributed by atoms with Crippen molar-refractivity contribution in [3.8, 4) is 11.5 Å². The van der Waals surface area contributed by atoms with Gasteiger partial charge in [0.25, 0.3) is 5.91 Å². The molecule has 2 aliphatic rings. The monoisotopic (exact) mass is 482 g/mol. The van der Waals surface area contributed by atoms with E-state index < -0.39 is 0 Å². The fourth-order valence-electron chi connectivity index (χ4n) is 4.17. The molecular formula is C24H23FN4O4S. The summed E-state index contributed by atoms with van der Waals surface area (Å²) in [4.78, 5) is 35.9. The minimum atomic E-state index is -0.338. The Kier molecular flexibility index (Phi) is 6.14. The summed E-state index contributed by atoms with van der Waals surface area (Å²) < 4.78 is 25.3. The Balaban J connectivity index is 1.19. The SMILES string of the molecule is COc1cc2c(cc1OCCCC(=O)Nc1nc3ccc(F)cc3s1)N=C[C@@H]1CCCN1C2=O. The van der Waals surface area contributed by atoms with Gasteiger partial charge in [0.15, 0.2) is 16.6 Å². The number of nitrogens with zero attached hydrogens (tertiary/aromatic N) is 3. The molecule has 34 heavy (non-hydrogen) atoms. The molecular weight excluding hydrogens is 459 g/mol. The molecule has 1 saturated heterocycles. The minimum Gasteiger partial charge on any atom is -0.493 e. The van der Waals surface area contributed by atoms with Crippen LogP contribution in [0.15, 0.2) is 35.3 Å². The number of hydrogen-bond donors (Lipinski definition) is 1. The van der Waals surface area contributed by atoms with E-state index in [2.05, 4.69) is 15.3 Å². The molecule has 2 aromatic carbocycles. The molecule has 3 heterocycles. The quantitative estimate of drug-likeness (QED) is 0.498. The Bertz CT molecular complexity index is 1290. The van der Waals surface area contributed by atoms with E-state index in [1.807, 2.05) is 11.1 Å². The van der Waals surface area contributed by atoms with Gasteiger partial charge in [0.2, 0.25) is 5.91 Å². The lowest BCUT2D eigenvalue weighted by atomic mass is 10.1. The average molecular weight is 483 g/mol. The van der Waals surface area contributed by atoms with Gasteiger partial charge >= 0.3 is 0 Å². The zero-order chi connectivity index (χ0) is 23.7. The molecule has 8 nitrogen and oxygen atoms in total. The van der Waals surface area contributed by atoms with Gasteiger partial charge in [0.05, 0.1) is 41.2 Å². The van der Waals surface area contributed by atoms with Gasteiger partial charge in [-0.2, -0.15) is 0 Å². The molecule has 2 aliphatic heterocycles. The molecule has 176 valence electrons. The maximum atomic E-state index is 13.3. The van der Waals surface area contributed by atoms with Crippen LogP contribution in [0.5, 0.6) is 11.5 Å². The first-order valence-corrected chi connectivity index (χ1v) is 11.9. The van der Waals surface area contributed by atoms with Crippen LogP contribution in [0.25, 0.3) is 10.2 Å². The number of benzene rings is 2. The smallest absolute Gasteiger partial charge is 0.256 e. The van der Waals surface area contributed by atoms with Crippen LogP contribution in [-0.2, 0) is 4.79 Å². The number of fused-ring (bicyclic) bond motifs is 3. The number of nitrogens with one attached hydrogen (secondary N) is 1. The molecule has 1 fully saturated rings. The lowest BCUT2D eigenvalue weighted by molar-refractivity contribution is -0.116. The Labute approximate surface area is 199 Å². The van der Waals surface area contributed by atoms with Gasteiger partial charge in [0.1, 0.15) is 5.82 Å². The number of thiazole rings is 1. The highest BCUT2D eigenvalue weighted by molar-refractivity contribution is 7.22. The first-order valence-electron chi connectivity index (χ1n) is 11.1. The highest BCUT2D eigenvalue weighted by atomic mass is 32.1. The van der Waals surface area contributed by atoms with Gasteiger partial charge in [0, 0.05) is 25.2 Å². The van der Waals surface area contributed by atoms with Crippen LogP contribution < -0.4 is 14.8 Å². The predicted molar refractivity (Wildman–Crippen MR) is 128 cm³/mol. The second-order valence-corrected chi connectivity index (χ2v) is 9.17. The summed E-state index contributed by atoms with van der Waals surface area (Å²) in [5.74, 6) is 0.338. The van der Waals surface area contributed by atoms with E-state index in [4.69, 9.17) is 9.47 Å². The summed E-state index contributed by atoms with van der Waals surface area (Å²) >= 11 is 1.23. The highest BCUT2D eigenvalue weighted by Crippen LogP contribution is 2.38. The van der Waals surface area contributed by atoms with E-state index in [9.17, 15) is 14.0 Å². The second-order valence-electron chi connectivity index (χ2n) is 8.14. The van der Waals surface area contributed by atoms with Crippen LogP contribution in [0.3, 0.4) is 0 Å². The standard InChI is InChI=1S/C24H23FN4O4S/c1-32-19-11-16-18(26-13-15-4-2-8-29(15)23(16)31)12-20(19)33-9-3-5-22(30)28-24-27-17-7-6-14(25)10-21(17)34-24/h6-7,10-13,15H,2-5,8-9H2,1H3,(H,27,28,30)/t15-/m0/s1. The summed E-state index contributed by atoms with van der Waals surface area (Å²) in [6.07, 6.45) is 4.41. The van der Waals surface area contributed by atoms with Crippen LogP contribution >= 0.6 is 11.3 Å². The third kappa shape index (κ3) is 4.45. The fourth-order valence-corrected chi connectivity index (χ4v) is 5.08. The van der Waals surface area contributed by atoms with Crippen molar-refractivity contribution in [2.45, 2.75) is 31.7 Å². The van der Waals surface area contributed by atoms with Gasteiger partial charge < -0.3 is 19.7 Å². The maximum absolute atomic E-state index is 13.3. The first kappa shape index (κ1) is 22.3. The molecule has 2 amide bonds. The summed E-state index contributed by atoms with van der Waals surface area (Å²) in [5, 5.41) is 3.18. The van der Waals surface area contributed by atoms with E-state index in [1.165, 1.54) is 30.6 Å². The van der Waals surface area contributed by atoms with Crippen LogP contribution in [0.1, 0.15) is 36.0 Å². The molecule has 1 atom stereocenters. The van der Waals surface area contributed by atoms with Gasteiger partial charge in [-0.15, -0.1) is 0 Å². The third-order valence-electron chi connectivity index (χ3n) is 5.86. The number of halogens is 1. The van der Waals surface area contributed by atoms with Crippen molar-refractivity contribution in [3.63, 3.8) is 0 Å². The topological polar surface area (TPSA) is 93.1 Å². The number of ether oxygens (including phenoxy) is 2. The van der Waals surface area contributed by atoms with Crippen molar-refractivity contribution in [3.05, 3.63) is 41.7 Å². The number of methoxy groups -OCH3 is 1. The van der Waals surface area contributed by atoms with E-state index in [0.29, 0.717) is 44.5 Å². The lowest BCUT2D eigenvalue weighted by Gasteiger charge is -2.20. The van der Waals surface area contributed by atoms with Crippen molar-refractivity contribution in [2.75, 3.05) is 25.6 Å². The molecule has 0 bridgehead atoms. The average Bonchev–Trinajstić information content (AvgIpc) is 3.43. The van der Waals surface area contributed by atoms with Crippen LogP contribution in [0, 0.1) is 5.82 Å². The Morgan fingerprint density at radius 1 is 1.29 bits per heavy atom. The summed E-state index contributed by atoms with van der Waals surface area (Å²) in [6, 6.07) is 7.74. The maximum Gasteiger partial charge on any atom is 0.256 e. The molecule has 0 radical (unpaired) electrons. The lowest BCUT2D eigenvalue weighted by Crippen LogP contribution is -2.35. The van der Waals surface area contributed by atoms with E-state index in [0.717, 1.165) is 19.4 Å². The molecule has 0 spiro atoms.